The van der Waals surface area contributed by atoms with Gasteiger partial charge in [-0.15, -0.1) is 0 Å². The number of piperidine rings is 1. The largest absolute Gasteiger partial charge is 0.321 e. The van der Waals surface area contributed by atoms with Gasteiger partial charge >= 0.3 is 0 Å². The first kappa shape index (κ1) is 14.8. The highest BCUT2D eigenvalue weighted by Gasteiger charge is 2.12. The van der Waals surface area contributed by atoms with Crippen molar-refractivity contribution >= 4 is 11.6 Å². The Bertz CT molecular complexity index is 626. The van der Waals surface area contributed by atoms with Crippen molar-refractivity contribution in [1.82, 2.24) is 14.7 Å². The van der Waals surface area contributed by atoms with Crippen molar-refractivity contribution in [2.45, 2.75) is 25.8 Å². The summed E-state index contributed by atoms with van der Waals surface area (Å²) in [7, 11) is 1.76. The molecule has 1 fully saturated rings. The Labute approximate surface area is 130 Å². The molecule has 0 bridgehead atoms. The zero-order valence-electron chi connectivity index (χ0n) is 13.0. The molecule has 1 saturated heterocycles. The lowest BCUT2D eigenvalue weighted by Gasteiger charge is -2.26. The maximum absolute atomic E-state index is 12.1. The Morgan fingerprint density at radius 2 is 1.86 bits per heavy atom. The van der Waals surface area contributed by atoms with Crippen molar-refractivity contribution in [3.63, 3.8) is 0 Å². The lowest BCUT2D eigenvalue weighted by molar-refractivity contribution is 0.101. The number of hydrogen-bond acceptors (Lipinski definition) is 3. The molecule has 116 valence electrons. The van der Waals surface area contributed by atoms with Crippen molar-refractivity contribution < 1.29 is 4.79 Å². The van der Waals surface area contributed by atoms with Crippen LogP contribution in [-0.2, 0) is 13.6 Å². The second kappa shape index (κ2) is 6.75. The van der Waals surface area contributed by atoms with Crippen molar-refractivity contribution in [1.29, 1.82) is 0 Å². The molecular weight excluding hydrogens is 276 g/mol. The number of benzene rings is 1. The Hall–Kier alpha value is -2.14. The maximum Gasteiger partial charge on any atom is 0.273 e. The smallest absolute Gasteiger partial charge is 0.273 e. The molecule has 0 aliphatic carbocycles. The number of carbonyl (C=O) groups excluding carboxylic acids is 1. The topological polar surface area (TPSA) is 50.2 Å². The Balaban J connectivity index is 1.59. The number of aryl methyl sites for hydroxylation is 1. The number of hydrogen-bond donors (Lipinski definition) is 1. The molecule has 0 unspecified atom stereocenters. The van der Waals surface area contributed by atoms with E-state index in [4.69, 9.17) is 0 Å². The molecule has 5 heteroatoms. The van der Waals surface area contributed by atoms with Crippen LogP contribution < -0.4 is 5.32 Å². The average Bonchev–Trinajstić information content (AvgIpc) is 2.96. The van der Waals surface area contributed by atoms with Gasteiger partial charge in [-0.1, -0.05) is 18.6 Å². The molecule has 1 aromatic heterocycles. The van der Waals surface area contributed by atoms with Gasteiger partial charge in [0.2, 0.25) is 0 Å². The predicted octanol–water partition coefficient (Wildman–Crippen LogP) is 2.66. The van der Waals surface area contributed by atoms with E-state index in [-0.39, 0.29) is 5.91 Å². The van der Waals surface area contributed by atoms with Gasteiger partial charge in [0.15, 0.2) is 0 Å². The fourth-order valence-electron chi connectivity index (χ4n) is 2.86. The predicted molar refractivity (Wildman–Crippen MR) is 86.7 cm³/mol. The van der Waals surface area contributed by atoms with E-state index in [0.717, 1.165) is 12.2 Å². The molecule has 1 aliphatic heterocycles. The third-order valence-electron chi connectivity index (χ3n) is 4.12. The molecule has 1 N–H and O–H groups in total. The van der Waals surface area contributed by atoms with Crippen LogP contribution in [0.1, 0.15) is 35.3 Å². The van der Waals surface area contributed by atoms with Gasteiger partial charge in [0.1, 0.15) is 5.69 Å². The first-order valence-corrected chi connectivity index (χ1v) is 7.83. The van der Waals surface area contributed by atoms with E-state index < -0.39 is 0 Å². The van der Waals surface area contributed by atoms with Crippen LogP contribution in [0.15, 0.2) is 36.5 Å². The summed E-state index contributed by atoms with van der Waals surface area (Å²) < 4.78 is 1.57. The number of anilines is 1. The van der Waals surface area contributed by atoms with E-state index >= 15 is 0 Å². The summed E-state index contributed by atoms with van der Waals surface area (Å²) in [5.74, 6) is -0.135. The van der Waals surface area contributed by atoms with Crippen molar-refractivity contribution in [2.75, 3.05) is 18.4 Å². The molecule has 1 aromatic carbocycles. The van der Waals surface area contributed by atoms with Gasteiger partial charge < -0.3 is 5.32 Å². The second-order valence-corrected chi connectivity index (χ2v) is 5.83. The molecule has 0 saturated carbocycles. The van der Waals surface area contributed by atoms with Crippen LogP contribution in [0.4, 0.5) is 5.69 Å². The van der Waals surface area contributed by atoms with Gasteiger partial charge in [0, 0.05) is 25.5 Å². The number of carbonyl (C=O) groups is 1. The molecule has 1 amide bonds. The van der Waals surface area contributed by atoms with E-state index in [1.54, 1.807) is 24.0 Å². The zero-order valence-corrected chi connectivity index (χ0v) is 13.0. The first-order chi connectivity index (χ1) is 10.7. The normalized spacial score (nSPS) is 15.7. The zero-order chi connectivity index (χ0) is 15.4. The van der Waals surface area contributed by atoms with Crippen LogP contribution in [0, 0.1) is 0 Å². The third kappa shape index (κ3) is 3.54. The lowest BCUT2D eigenvalue weighted by atomic mass is 10.1. The molecular formula is C17H22N4O. The van der Waals surface area contributed by atoms with Crippen LogP contribution >= 0.6 is 0 Å². The second-order valence-electron chi connectivity index (χ2n) is 5.83. The molecule has 22 heavy (non-hydrogen) atoms. The quantitative estimate of drug-likeness (QED) is 0.944. The van der Waals surface area contributed by atoms with Crippen molar-refractivity contribution in [3.05, 3.63) is 47.8 Å². The summed E-state index contributed by atoms with van der Waals surface area (Å²) in [5.41, 5.74) is 2.66. The van der Waals surface area contributed by atoms with E-state index in [1.165, 1.54) is 37.9 Å². The lowest BCUT2D eigenvalue weighted by Crippen LogP contribution is -2.29. The van der Waals surface area contributed by atoms with Crippen molar-refractivity contribution in [2.24, 2.45) is 7.05 Å². The third-order valence-corrected chi connectivity index (χ3v) is 4.12. The van der Waals surface area contributed by atoms with Gasteiger partial charge in [-0.25, -0.2) is 0 Å². The van der Waals surface area contributed by atoms with E-state index in [2.05, 4.69) is 27.4 Å². The molecule has 2 heterocycles. The molecule has 0 spiro atoms. The SMILES string of the molecule is Cn1nccc1C(=O)Nc1ccc(CN2CCCCC2)cc1. The summed E-state index contributed by atoms with van der Waals surface area (Å²) >= 11 is 0. The number of rotatable bonds is 4. The number of amides is 1. The highest BCUT2D eigenvalue weighted by molar-refractivity contribution is 6.02. The first-order valence-electron chi connectivity index (χ1n) is 7.83. The van der Waals surface area contributed by atoms with E-state index in [1.807, 2.05) is 12.1 Å². The Morgan fingerprint density at radius 1 is 1.14 bits per heavy atom. The van der Waals surface area contributed by atoms with Gasteiger partial charge in [-0.05, 0) is 49.7 Å². The fourth-order valence-corrected chi connectivity index (χ4v) is 2.86. The molecule has 3 rings (SSSR count). The van der Waals surface area contributed by atoms with Gasteiger partial charge in [0.25, 0.3) is 5.91 Å². The number of nitrogens with zero attached hydrogens (tertiary/aromatic N) is 3. The maximum atomic E-state index is 12.1. The minimum absolute atomic E-state index is 0.135. The summed E-state index contributed by atoms with van der Waals surface area (Å²) in [6, 6.07) is 9.82. The molecule has 1 aliphatic rings. The highest BCUT2D eigenvalue weighted by atomic mass is 16.2. The van der Waals surface area contributed by atoms with Crippen molar-refractivity contribution in [3.8, 4) is 0 Å². The molecule has 0 atom stereocenters. The molecule has 5 nitrogen and oxygen atoms in total. The van der Waals surface area contributed by atoms with Crippen LogP contribution in [0.2, 0.25) is 0 Å². The average molecular weight is 298 g/mol. The minimum Gasteiger partial charge on any atom is -0.321 e. The molecule has 2 aromatic rings. The van der Waals surface area contributed by atoms with E-state index in [0.29, 0.717) is 5.69 Å². The number of aromatic nitrogens is 2. The minimum atomic E-state index is -0.135. The number of nitrogens with one attached hydrogen (secondary N) is 1. The Morgan fingerprint density at radius 3 is 2.50 bits per heavy atom. The number of likely N-dealkylation sites (tertiary alicyclic amines) is 1. The van der Waals surface area contributed by atoms with Crippen LogP contribution in [0.3, 0.4) is 0 Å². The molecule has 0 radical (unpaired) electrons. The summed E-state index contributed by atoms with van der Waals surface area (Å²) in [6.07, 6.45) is 5.59. The van der Waals surface area contributed by atoms with E-state index in [9.17, 15) is 4.79 Å². The summed E-state index contributed by atoms with van der Waals surface area (Å²) in [4.78, 5) is 14.6. The van der Waals surface area contributed by atoms with Gasteiger partial charge in [0.05, 0.1) is 0 Å². The van der Waals surface area contributed by atoms with Crippen LogP contribution in [0.5, 0.6) is 0 Å². The van der Waals surface area contributed by atoms with Crippen LogP contribution in [-0.4, -0.2) is 33.7 Å². The monoisotopic (exact) mass is 298 g/mol. The van der Waals surface area contributed by atoms with Crippen LogP contribution in [0.25, 0.3) is 0 Å². The standard InChI is InChI=1S/C17H22N4O/c1-20-16(9-10-18-20)17(22)19-15-7-5-14(6-8-15)13-21-11-3-2-4-12-21/h5-10H,2-4,11-13H2,1H3,(H,19,22). The van der Waals surface area contributed by atoms with Gasteiger partial charge in [-0.3, -0.25) is 14.4 Å². The Kier molecular flexibility index (Phi) is 4.53. The fraction of sp³-hybridized carbons (Fsp3) is 0.412. The summed E-state index contributed by atoms with van der Waals surface area (Å²) in [6.45, 7) is 3.38. The van der Waals surface area contributed by atoms with Gasteiger partial charge in [-0.2, -0.15) is 5.10 Å². The highest BCUT2D eigenvalue weighted by Crippen LogP contribution is 2.15. The summed E-state index contributed by atoms with van der Waals surface area (Å²) in [5, 5.41) is 6.91.